The largest absolute Gasteiger partial charge is 0.297 e. The van der Waals surface area contributed by atoms with Crippen LogP contribution < -0.4 is 5.32 Å². The Morgan fingerprint density at radius 2 is 2.25 bits per heavy atom. The minimum absolute atomic E-state index is 0.171. The van der Waals surface area contributed by atoms with E-state index in [1.54, 1.807) is 11.4 Å². The number of hydrogen-bond acceptors (Lipinski definition) is 4. The highest BCUT2D eigenvalue weighted by Gasteiger charge is 2.13. The van der Waals surface area contributed by atoms with Crippen molar-refractivity contribution in [3.63, 3.8) is 0 Å². The first-order valence-electron chi connectivity index (χ1n) is 5.38. The molecular formula is C13H7F2N3OS. The standard InChI is InChI=1S/C13H7F2N3OS/c14-10-3-1-2-8(11(10)15)6-9(7-16)12(19)18-13-17-4-5-20-13/h1-6H,(H,17,18,19). The maximum atomic E-state index is 13.5. The number of amides is 1. The molecule has 1 heterocycles. The molecule has 0 aliphatic heterocycles. The number of nitrogens with one attached hydrogen (secondary N) is 1. The van der Waals surface area contributed by atoms with E-state index in [2.05, 4.69) is 10.3 Å². The van der Waals surface area contributed by atoms with Crippen LogP contribution in [0.1, 0.15) is 5.56 Å². The normalized spacial score (nSPS) is 10.9. The predicted octanol–water partition coefficient (Wildman–Crippen LogP) is 2.97. The molecule has 0 saturated heterocycles. The van der Waals surface area contributed by atoms with Gasteiger partial charge in [0.1, 0.15) is 11.6 Å². The molecule has 0 bridgehead atoms. The van der Waals surface area contributed by atoms with Crippen molar-refractivity contribution in [2.24, 2.45) is 0 Å². The number of carbonyl (C=O) groups is 1. The Morgan fingerprint density at radius 3 is 2.90 bits per heavy atom. The summed E-state index contributed by atoms with van der Waals surface area (Å²) in [6, 6.07) is 5.16. The van der Waals surface area contributed by atoms with Crippen LogP contribution in [0.25, 0.3) is 6.08 Å². The molecule has 2 aromatic rings. The lowest BCUT2D eigenvalue weighted by Gasteiger charge is -2.01. The molecule has 0 unspecified atom stereocenters. The zero-order valence-electron chi connectivity index (χ0n) is 9.93. The van der Waals surface area contributed by atoms with Gasteiger partial charge in [-0.15, -0.1) is 11.3 Å². The van der Waals surface area contributed by atoms with Crippen molar-refractivity contribution in [1.29, 1.82) is 5.26 Å². The second kappa shape index (κ2) is 6.04. The first-order valence-corrected chi connectivity index (χ1v) is 6.26. The highest BCUT2D eigenvalue weighted by atomic mass is 32.1. The quantitative estimate of drug-likeness (QED) is 0.698. The highest BCUT2D eigenvalue weighted by Crippen LogP contribution is 2.16. The van der Waals surface area contributed by atoms with Crippen molar-refractivity contribution in [2.45, 2.75) is 0 Å². The van der Waals surface area contributed by atoms with Gasteiger partial charge < -0.3 is 0 Å². The average Bonchev–Trinajstić information content (AvgIpc) is 2.93. The lowest BCUT2D eigenvalue weighted by atomic mass is 10.1. The highest BCUT2D eigenvalue weighted by molar-refractivity contribution is 7.13. The molecule has 4 nitrogen and oxygen atoms in total. The minimum Gasteiger partial charge on any atom is -0.297 e. The zero-order valence-corrected chi connectivity index (χ0v) is 10.7. The Bertz CT molecular complexity index is 705. The van der Waals surface area contributed by atoms with Gasteiger partial charge in [-0.3, -0.25) is 10.1 Å². The van der Waals surface area contributed by atoms with E-state index in [0.717, 1.165) is 12.1 Å². The van der Waals surface area contributed by atoms with Gasteiger partial charge in [0, 0.05) is 17.1 Å². The summed E-state index contributed by atoms with van der Waals surface area (Å²) in [6.07, 6.45) is 2.48. The van der Waals surface area contributed by atoms with Crippen LogP contribution in [0.2, 0.25) is 0 Å². The number of thiazole rings is 1. The molecule has 1 aromatic carbocycles. The Balaban J connectivity index is 2.28. The van der Waals surface area contributed by atoms with E-state index in [1.165, 1.54) is 29.7 Å². The summed E-state index contributed by atoms with van der Waals surface area (Å²) in [5.74, 6) is -2.88. The van der Waals surface area contributed by atoms with Crippen molar-refractivity contribution < 1.29 is 13.6 Å². The summed E-state index contributed by atoms with van der Waals surface area (Å²) < 4.78 is 26.5. The molecule has 0 fully saturated rings. The number of nitriles is 1. The fraction of sp³-hybridized carbons (Fsp3) is 0. The molecule has 0 radical (unpaired) electrons. The summed E-state index contributed by atoms with van der Waals surface area (Å²) in [5.41, 5.74) is -0.513. The predicted molar refractivity (Wildman–Crippen MR) is 70.7 cm³/mol. The summed E-state index contributed by atoms with van der Waals surface area (Å²) >= 11 is 1.18. The fourth-order valence-electron chi connectivity index (χ4n) is 1.39. The van der Waals surface area contributed by atoms with Crippen LogP contribution in [0, 0.1) is 23.0 Å². The zero-order chi connectivity index (χ0) is 14.5. The van der Waals surface area contributed by atoms with E-state index in [-0.39, 0.29) is 11.1 Å². The third-order valence-corrected chi connectivity index (χ3v) is 2.99. The third kappa shape index (κ3) is 3.05. The van der Waals surface area contributed by atoms with Gasteiger partial charge in [0.05, 0.1) is 0 Å². The molecule has 1 aromatic heterocycles. The second-order valence-electron chi connectivity index (χ2n) is 3.60. The number of aromatic nitrogens is 1. The molecule has 1 amide bonds. The van der Waals surface area contributed by atoms with Crippen molar-refractivity contribution in [1.82, 2.24) is 4.98 Å². The topological polar surface area (TPSA) is 65.8 Å². The summed E-state index contributed by atoms with van der Waals surface area (Å²) in [7, 11) is 0. The molecule has 7 heteroatoms. The van der Waals surface area contributed by atoms with E-state index in [4.69, 9.17) is 5.26 Å². The molecular weight excluding hydrogens is 284 g/mol. The molecule has 2 rings (SSSR count). The van der Waals surface area contributed by atoms with E-state index >= 15 is 0 Å². The Morgan fingerprint density at radius 1 is 1.45 bits per heavy atom. The van der Waals surface area contributed by atoms with E-state index in [9.17, 15) is 13.6 Å². The van der Waals surface area contributed by atoms with Gasteiger partial charge in [0.25, 0.3) is 5.91 Å². The smallest absolute Gasteiger partial charge is 0.268 e. The lowest BCUT2D eigenvalue weighted by Crippen LogP contribution is -2.13. The van der Waals surface area contributed by atoms with Gasteiger partial charge in [-0.25, -0.2) is 13.8 Å². The van der Waals surface area contributed by atoms with Gasteiger partial charge in [-0.1, -0.05) is 12.1 Å². The molecule has 0 aliphatic carbocycles. The molecule has 100 valence electrons. The van der Waals surface area contributed by atoms with Crippen LogP contribution in [-0.4, -0.2) is 10.9 Å². The molecule has 0 saturated carbocycles. The van der Waals surface area contributed by atoms with Gasteiger partial charge in [0.2, 0.25) is 0 Å². The van der Waals surface area contributed by atoms with E-state index < -0.39 is 17.5 Å². The number of rotatable bonds is 3. The minimum atomic E-state index is -1.11. The van der Waals surface area contributed by atoms with Crippen LogP contribution in [0.3, 0.4) is 0 Å². The Labute approximate surface area is 117 Å². The van der Waals surface area contributed by atoms with Gasteiger partial charge >= 0.3 is 0 Å². The fourth-order valence-corrected chi connectivity index (χ4v) is 1.91. The molecule has 0 aliphatic rings. The van der Waals surface area contributed by atoms with Crippen molar-refractivity contribution >= 4 is 28.5 Å². The van der Waals surface area contributed by atoms with Gasteiger partial charge in [-0.05, 0) is 12.1 Å². The van der Waals surface area contributed by atoms with E-state index in [1.807, 2.05) is 0 Å². The summed E-state index contributed by atoms with van der Waals surface area (Å²) in [5, 5.41) is 13.3. The monoisotopic (exact) mass is 291 g/mol. The molecule has 20 heavy (non-hydrogen) atoms. The molecule has 1 N–H and O–H groups in total. The van der Waals surface area contributed by atoms with E-state index in [0.29, 0.717) is 5.13 Å². The summed E-state index contributed by atoms with van der Waals surface area (Å²) in [6.45, 7) is 0. The van der Waals surface area contributed by atoms with Gasteiger partial charge in [-0.2, -0.15) is 5.26 Å². The lowest BCUT2D eigenvalue weighted by molar-refractivity contribution is -0.112. The average molecular weight is 291 g/mol. The van der Waals surface area contributed by atoms with Crippen LogP contribution in [0.5, 0.6) is 0 Å². The van der Waals surface area contributed by atoms with Crippen molar-refractivity contribution in [3.8, 4) is 6.07 Å². The number of anilines is 1. The maximum absolute atomic E-state index is 13.5. The van der Waals surface area contributed by atoms with Crippen LogP contribution in [-0.2, 0) is 4.79 Å². The number of carbonyl (C=O) groups excluding carboxylic acids is 1. The Hall–Kier alpha value is -2.59. The number of halogens is 2. The Kier molecular flexibility index (Phi) is 4.17. The number of benzene rings is 1. The third-order valence-electron chi connectivity index (χ3n) is 2.30. The second-order valence-corrected chi connectivity index (χ2v) is 4.50. The van der Waals surface area contributed by atoms with Crippen molar-refractivity contribution in [3.05, 3.63) is 52.5 Å². The first-order chi connectivity index (χ1) is 9.61. The SMILES string of the molecule is N#CC(=Cc1cccc(F)c1F)C(=O)Nc1nccs1. The molecule has 0 spiro atoms. The first kappa shape index (κ1) is 13.8. The number of nitrogens with zero attached hydrogens (tertiary/aromatic N) is 2. The van der Waals surface area contributed by atoms with Crippen LogP contribution in [0.4, 0.5) is 13.9 Å². The van der Waals surface area contributed by atoms with Crippen molar-refractivity contribution in [2.75, 3.05) is 5.32 Å². The summed E-state index contributed by atoms with van der Waals surface area (Å²) in [4.78, 5) is 15.6. The maximum Gasteiger partial charge on any atom is 0.268 e. The van der Waals surface area contributed by atoms with Crippen LogP contribution >= 0.6 is 11.3 Å². The number of hydrogen-bond donors (Lipinski definition) is 1. The van der Waals surface area contributed by atoms with Gasteiger partial charge in [0.15, 0.2) is 16.8 Å². The van der Waals surface area contributed by atoms with Crippen LogP contribution in [0.15, 0.2) is 35.3 Å². The molecule has 0 atom stereocenters.